The summed E-state index contributed by atoms with van der Waals surface area (Å²) in [4.78, 5) is 2.56. The molecule has 0 aliphatic carbocycles. The summed E-state index contributed by atoms with van der Waals surface area (Å²) in [7, 11) is 0. The van der Waals surface area contributed by atoms with E-state index in [1.54, 1.807) is 0 Å². The molecule has 0 bridgehead atoms. The highest BCUT2D eigenvalue weighted by atomic mass is 79.9. The van der Waals surface area contributed by atoms with Gasteiger partial charge in [-0.25, -0.2) is 0 Å². The van der Waals surface area contributed by atoms with Crippen molar-refractivity contribution in [2.75, 3.05) is 26.2 Å². The number of nitrogens with one attached hydrogen (secondary N) is 1. The maximum absolute atomic E-state index is 3.62. The van der Waals surface area contributed by atoms with Crippen LogP contribution in [-0.4, -0.2) is 31.1 Å². The van der Waals surface area contributed by atoms with Crippen molar-refractivity contribution in [1.29, 1.82) is 0 Å². The van der Waals surface area contributed by atoms with E-state index < -0.39 is 0 Å². The first kappa shape index (κ1) is 13.1. The first-order valence-electron chi connectivity index (χ1n) is 6.46. The Balaban J connectivity index is 1.83. The van der Waals surface area contributed by atoms with E-state index in [9.17, 15) is 0 Å². The van der Waals surface area contributed by atoms with E-state index in [2.05, 4.69) is 57.3 Å². The van der Waals surface area contributed by atoms with Crippen LogP contribution in [0.2, 0.25) is 0 Å². The molecule has 0 saturated carbocycles. The quantitative estimate of drug-likeness (QED) is 0.899. The van der Waals surface area contributed by atoms with Crippen LogP contribution < -0.4 is 5.32 Å². The molecule has 1 aliphatic heterocycles. The molecule has 1 atom stereocenters. The molecule has 1 heterocycles. The third-order valence-corrected chi connectivity index (χ3v) is 4.18. The van der Waals surface area contributed by atoms with Gasteiger partial charge in [-0.2, -0.15) is 0 Å². The van der Waals surface area contributed by atoms with Crippen LogP contribution in [-0.2, 0) is 6.54 Å². The lowest BCUT2D eigenvalue weighted by Gasteiger charge is -2.17. The van der Waals surface area contributed by atoms with Gasteiger partial charge in [0, 0.05) is 17.6 Å². The van der Waals surface area contributed by atoms with Crippen LogP contribution in [0.4, 0.5) is 0 Å². The second-order valence-corrected chi connectivity index (χ2v) is 5.64. The first-order valence-corrected chi connectivity index (χ1v) is 7.25. The van der Waals surface area contributed by atoms with E-state index in [1.165, 1.54) is 36.1 Å². The number of likely N-dealkylation sites (tertiary alicyclic amines) is 1. The molecule has 1 unspecified atom stereocenters. The van der Waals surface area contributed by atoms with Gasteiger partial charge in [-0.05, 0) is 43.6 Å². The molecule has 17 heavy (non-hydrogen) atoms. The Morgan fingerprint density at radius 3 is 3.00 bits per heavy atom. The van der Waals surface area contributed by atoms with Crippen molar-refractivity contribution < 1.29 is 0 Å². The van der Waals surface area contributed by atoms with Gasteiger partial charge in [0.2, 0.25) is 0 Å². The van der Waals surface area contributed by atoms with Crippen molar-refractivity contribution in [3.8, 4) is 0 Å². The second-order valence-electron chi connectivity index (χ2n) is 4.79. The van der Waals surface area contributed by atoms with Crippen LogP contribution in [0.25, 0.3) is 0 Å². The number of hydrogen-bond donors (Lipinski definition) is 1. The van der Waals surface area contributed by atoms with Crippen molar-refractivity contribution in [3.63, 3.8) is 0 Å². The number of halogens is 1. The summed E-state index contributed by atoms with van der Waals surface area (Å²) in [5.74, 6) is 0.831. The fourth-order valence-corrected chi connectivity index (χ4v) is 2.85. The van der Waals surface area contributed by atoms with E-state index in [0.29, 0.717) is 0 Å². The Hall–Kier alpha value is -0.380. The van der Waals surface area contributed by atoms with Crippen LogP contribution in [0, 0.1) is 5.92 Å². The van der Waals surface area contributed by atoms with Gasteiger partial charge in [0.05, 0.1) is 0 Å². The topological polar surface area (TPSA) is 15.3 Å². The molecule has 0 amide bonds. The molecule has 0 aromatic heterocycles. The van der Waals surface area contributed by atoms with E-state index >= 15 is 0 Å². The molecule has 94 valence electrons. The summed E-state index contributed by atoms with van der Waals surface area (Å²) in [5, 5.41) is 3.45. The van der Waals surface area contributed by atoms with Crippen LogP contribution >= 0.6 is 15.9 Å². The monoisotopic (exact) mass is 296 g/mol. The van der Waals surface area contributed by atoms with E-state index in [-0.39, 0.29) is 0 Å². The summed E-state index contributed by atoms with van der Waals surface area (Å²) in [6.07, 6.45) is 1.33. The number of benzene rings is 1. The van der Waals surface area contributed by atoms with Crippen molar-refractivity contribution in [1.82, 2.24) is 10.2 Å². The fourth-order valence-electron chi connectivity index (χ4n) is 2.44. The highest BCUT2D eigenvalue weighted by Gasteiger charge is 2.22. The first-order chi connectivity index (χ1) is 8.29. The Morgan fingerprint density at radius 2 is 2.24 bits per heavy atom. The fraction of sp³-hybridized carbons (Fsp3) is 0.571. The van der Waals surface area contributed by atoms with Crippen molar-refractivity contribution in [3.05, 3.63) is 34.3 Å². The van der Waals surface area contributed by atoms with E-state index in [4.69, 9.17) is 0 Å². The van der Waals surface area contributed by atoms with Crippen LogP contribution in [0.15, 0.2) is 28.7 Å². The molecular weight excluding hydrogens is 276 g/mol. The molecule has 1 aliphatic rings. The molecular formula is C14H21BrN2. The molecule has 1 aromatic carbocycles. The standard InChI is InChI=1S/C14H21BrN2/c1-2-16-9-12-7-8-17(10-12)11-13-5-3-4-6-14(13)15/h3-6,12,16H,2,7-11H2,1H3. The van der Waals surface area contributed by atoms with Crippen LogP contribution in [0.3, 0.4) is 0 Å². The van der Waals surface area contributed by atoms with Gasteiger partial charge in [-0.3, -0.25) is 4.90 Å². The third-order valence-electron chi connectivity index (χ3n) is 3.40. The molecule has 1 saturated heterocycles. The summed E-state index contributed by atoms with van der Waals surface area (Å²) in [6.45, 7) is 7.97. The molecule has 3 heteroatoms. The highest BCUT2D eigenvalue weighted by molar-refractivity contribution is 9.10. The smallest absolute Gasteiger partial charge is 0.0245 e. The normalized spacial score (nSPS) is 20.9. The zero-order chi connectivity index (χ0) is 12.1. The lowest BCUT2D eigenvalue weighted by Crippen LogP contribution is -2.26. The van der Waals surface area contributed by atoms with Crippen molar-refractivity contribution in [2.24, 2.45) is 5.92 Å². The largest absolute Gasteiger partial charge is 0.317 e. The van der Waals surface area contributed by atoms with Gasteiger partial charge in [-0.15, -0.1) is 0 Å². The predicted octanol–water partition coefficient (Wildman–Crippen LogP) is 2.88. The average Bonchev–Trinajstić information content (AvgIpc) is 2.77. The van der Waals surface area contributed by atoms with Gasteiger partial charge in [-0.1, -0.05) is 41.1 Å². The molecule has 1 fully saturated rings. The Morgan fingerprint density at radius 1 is 1.41 bits per heavy atom. The Bertz CT molecular complexity index is 354. The maximum Gasteiger partial charge on any atom is 0.0245 e. The Kier molecular flexibility index (Phi) is 5.01. The summed E-state index contributed by atoms with van der Waals surface area (Å²) < 4.78 is 1.23. The van der Waals surface area contributed by atoms with Crippen LogP contribution in [0.1, 0.15) is 18.9 Å². The zero-order valence-corrected chi connectivity index (χ0v) is 12.0. The van der Waals surface area contributed by atoms with Crippen molar-refractivity contribution in [2.45, 2.75) is 19.9 Å². The number of nitrogens with zero attached hydrogens (tertiary/aromatic N) is 1. The van der Waals surface area contributed by atoms with Gasteiger partial charge in [0.25, 0.3) is 0 Å². The summed E-state index contributed by atoms with van der Waals surface area (Å²) in [5.41, 5.74) is 1.40. The zero-order valence-electron chi connectivity index (χ0n) is 10.5. The van der Waals surface area contributed by atoms with Gasteiger partial charge >= 0.3 is 0 Å². The highest BCUT2D eigenvalue weighted by Crippen LogP contribution is 2.22. The second kappa shape index (κ2) is 6.53. The minimum atomic E-state index is 0.831. The number of hydrogen-bond acceptors (Lipinski definition) is 2. The molecule has 0 radical (unpaired) electrons. The predicted molar refractivity (Wildman–Crippen MR) is 76.1 cm³/mol. The van der Waals surface area contributed by atoms with Gasteiger partial charge in [0.1, 0.15) is 0 Å². The molecule has 1 aromatic rings. The molecule has 0 spiro atoms. The van der Waals surface area contributed by atoms with E-state index in [0.717, 1.165) is 19.0 Å². The molecule has 2 rings (SSSR count). The third kappa shape index (κ3) is 3.80. The minimum Gasteiger partial charge on any atom is -0.317 e. The minimum absolute atomic E-state index is 0.831. The lowest BCUT2D eigenvalue weighted by atomic mass is 10.1. The van der Waals surface area contributed by atoms with Crippen LogP contribution in [0.5, 0.6) is 0 Å². The number of rotatable bonds is 5. The van der Waals surface area contributed by atoms with Crippen molar-refractivity contribution >= 4 is 15.9 Å². The summed E-state index contributed by atoms with van der Waals surface area (Å²) >= 11 is 3.62. The molecule has 1 N–H and O–H groups in total. The average molecular weight is 297 g/mol. The maximum atomic E-state index is 3.62. The SMILES string of the molecule is CCNCC1CCN(Cc2ccccc2Br)C1. The van der Waals surface area contributed by atoms with Gasteiger partial charge < -0.3 is 5.32 Å². The molecule has 2 nitrogen and oxygen atoms in total. The lowest BCUT2D eigenvalue weighted by molar-refractivity contribution is 0.314. The summed E-state index contributed by atoms with van der Waals surface area (Å²) in [6, 6.07) is 8.53. The van der Waals surface area contributed by atoms with Gasteiger partial charge in [0.15, 0.2) is 0 Å². The Labute approximate surface area is 113 Å². The van der Waals surface area contributed by atoms with E-state index in [1.807, 2.05) is 0 Å².